The molecule has 0 bridgehead atoms. The molecule has 118 valence electrons. The van der Waals surface area contributed by atoms with Gasteiger partial charge in [-0.05, 0) is 51.5 Å². The largest absolute Gasteiger partial charge is 0.444 e. The summed E-state index contributed by atoms with van der Waals surface area (Å²) in [5.41, 5.74) is 0.809. The molecule has 22 heavy (non-hydrogen) atoms. The van der Waals surface area contributed by atoms with Gasteiger partial charge in [0, 0.05) is 18.4 Å². The third-order valence-electron chi connectivity index (χ3n) is 2.53. The maximum absolute atomic E-state index is 12.9. The molecular formula is C17H20FNO3. The third-order valence-corrected chi connectivity index (χ3v) is 2.53. The monoisotopic (exact) mass is 305 g/mol. The highest BCUT2D eigenvalue weighted by Crippen LogP contribution is 2.09. The Bertz CT molecular complexity index is 621. The average Bonchev–Trinajstić information content (AvgIpc) is 2.34. The Balaban J connectivity index is 2.43. The Kier molecular flexibility index (Phi) is 6.11. The van der Waals surface area contributed by atoms with E-state index in [1.54, 1.807) is 33.8 Å². The van der Waals surface area contributed by atoms with Crippen LogP contribution in [-0.4, -0.2) is 17.6 Å². The topological polar surface area (TPSA) is 55.4 Å². The molecule has 0 saturated heterocycles. The Morgan fingerprint density at radius 3 is 2.59 bits per heavy atom. The van der Waals surface area contributed by atoms with Crippen molar-refractivity contribution in [2.24, 2.45) is 0 Å². The third kappa shape index (κ3) is 6.89. The summed E-state index contributed by atoms with van der Waals surface area (Å²) in [5, 5.41) is 2.14. The van der Waals surface area contributed by atoms with Crippen LogP contribution in [0.3, 0.4) is 0 Å². The molecule has 0 atom stereocenters. The number of rotatable bonds is 2. The van der Waals surface area contributed by atoms with Crippen LogP contribution in [0.2, 0.25) is 0 Å². The summed E-state index contributed by atoms with van der Waals surface area (Å²) in [7, 11) is 0. The molecule has 1 rings (SSSR count). The van der Waals surface area contributed by atoms with Gasteiger partial charge in [0.25, 0.3) is 0 Å². The summed E-state index contributed by atoms with van der Waals surface area (Å²) in [6, 6.07) is 4.34. The van der Waals surface area contributed by atoms with Gasteiger partial charge >= 0.3 is 6.09 Å². The molecule has 0 radical (unpaired) electrons. The molecule has 1 aromatic carbocycles. The van der Waals surface area contributed by atoms with Gasteiger partial charge in [0.15, 0.2) is 0 Å². The molecule has 0 aromatic heterocycles. The maximum Gasteiger partial charge on any atom is 0.414 e. The van der Waals surface area contributed by atoms with E-state index in [0.29, 0.717) is 12.0 Å². The first-order chi connectivity index (χ1) is 10.2. The van der Waals surface area contributed by atoms with E-state index in [0.717, 1.165) is 5.56 Å². The van der Waals surface area contributed by atoms with E-state index >= 15 is 0 Å². The lowest BCUT2D eigenvalue weighted by atomic mass is 10.1. The van der Waals surface area contributed by atoms with Crippen LogP contribution in [0.25, 0.3) is 0 Å². The molecule has 0 unspecified atom stereocenters. The summed E-state index contributed by atoms with van der Waals surface area (Å²) < 4.78 is 17.9. The highest BCUT2D eigenvalue weighted by Gasteiger charge is 2.17. The predicted octanol–water partition coefficient (Wildman–Crippen LogP) is 3.32. The Morgan fingerprint density at radius 1 is 1.32 bits per heavy atom. The van der Waals surface area contributed by atoms with Crippen LogP contribution in [0.5, 0.6) is 0 Å². The van der Waals surface area contributed by atoms with Crippen LogP contribution >= 0.6 is 0 Å². The van der Waals surface area contributed by atoms with Gasteiger partial charge in [0.05, 0.1) is 0 Å². The fourth-order valence-corrected chi connectivity index (χ4v) is 1.58. The molecule has 2 amide bonds. The zero-order valence-corrected chi connectivity index (χ0v) is 13.2. The van der Waals surface area contributed by atoms with Crippen molar-refractivity contribution in [3.63, 3.8) is 0 Å². The second-order valence-electron chi connectivity index (χ2n) is 5.81. The van der Waals surface area contributed by atoms with Crippen molar-refractivity contribution >= 4 is 12.0 Å². The van der Waals surface area contributed by atoms with E-state index in [1.165, 1.54) is 12.1 Å². The van der Waals surface area contributed by atoms with Gasteiger partial charge in [-0.3, -0.25) is 10.1 Å². The minimum absolute atomic E-state index is 0.0898. The summed E-state index contributed by atoms with van der Waals surface area (Å²) >= 11 is 0. The highest BCUT2D eigenvalue weighted by molar-refractivity contribution is 5.91. The van der Waals surface area contributed by atoms with E-state index in [1.807, 2.05) is 0 Å². The van der Waals surface area contributed by atoms with E-state index in [-0.39, 0.29) is 12.2 Å². The number of alkyl carbamates (subject to hydrolysis) is 1. The van der Waals surface area contributed by atoms with Crippen molar-refractivity contribution in [1.29, 1.82) is 0 Å². The van der Waals surface area contributed by atoms with E-state index in [2.05, 4.69) is 17.2 Å². The smallest absolute Gasteiger partial charge is 0.414 e. The number of carbonyl (C=O) groups excluding carboxylic acids is 2. The lowest BCUT2D eigenvalue weighted by molar-refractivity contribution is -0.120. The molecule has 1 N–H and O–H groups in total. The second-order valence-corrected chi connectivity index (χ2v) is 5.81. The molecule has 0 fully saturated rings. The SMILES string of the molecule is Cc1cc(F)ccc1C#CCCC(=O)NC(=O)OC(C)(C)C. The minimum Gasteiger partial charge on any atom is -0.444 e. The maximum atomic E-state index is 12.9. The molecule has 0 aliphatic rings. The quantitative estimate of drug-likeness (QED) is 0.853. The van der Waals surface area contributed by atoms with Crippen LogP contribution in [0.1, 0.15) is 44.7 Å². The van der Waals surface area contributed by atoms with Gasteiger partial charge < -0.3 is 4.74 Å². The van der Waals surface area contributed by atoms with Crippen LogP contribution in [0, 0.1) is 24.6 Å². The van der Waals surface area contributed by atoms with Gasteiger partial charge in [-0.15, -0.1) is 0 Å². The number of hydrogen-bond donors (Lipinski definition) is 1. The van der Waals surface area contributed by atoms with Crippen LogP contribution < -0.4 is 5.32 Å². The normalized spacial score (nSPS) is 10.4. The zero-order chi connectivity index (χ0) is 16.8. The highest BCUT2D eigenvalue weighted by atomic mass is 19.1. The number of amides is 2. The first-order valence-corrected chi connectivity index (χ1v) is 6.95. The zero-order valence-electron chi connectivity index (χ0n) is 13.2. The minimum atomic E-state index is -0.764. The van der Waals surface area contributed by atoms with Crippen LogP contribution in [0.15, 0.2) is 18.2 Å². The number of ether oxygens (including phenoxy) is 1. The predicted molar refractivity (Wildman–Crippen MR) is 81.6 cm³/mol. The van der Waals surface area contributed by atoms with Crippen molar-refractivity contribution < 1.29 is 18.7 Å². The molecule has 1 aromatic rings. The molecular weight excluding hydrogens is 285 g/mol. The average molecular weight is 305 g/mol. The van der Waals surface area contributed by atoms with Crippen molar-refractivity contribution in [3.8, 4) is 11.8 Å². The lowest BCUT2D eigenvalue weighted by Crippen LogP contribution is -2.36. The number of nitrogens with one attached hydrogen (secondary N) is 1. The fourth-order valence-electron chi connectivity index (χ4n) is 1.58. The number of carbonyl (C=O) groups is 2. The van der Waals surface area contributed by atoms with Crippen molar-refractivity contribution in [3.05, 3.63) is 35.1 Å². The van der Waals surface area contributed by atoms with E-state index in [4.69, 9.17) is 4.74 Å². The molecule has 0 saturated carbocycles. The number of hydrogen-bond acceptors (Lipinski definition) is 3. The van der Waals surface area contributed by atoms with Crippen molar-refractivity contribution in [2.45, 2.75) is 46.1 Å². The fraction of sp³-hybridized carbons (Fsp3) is 0.412. The first kappa shape index (κ1) is 17.7. The summed E-state index contributed by atoms with van der Waals surface area (Å²) in [4.78, 5) is 22.9. The summed E-state index contributed by atoms with van der Waals surface area (Å²) in [6.07, 6.45) is -0.377. The molecule has 0 aliphatic carbocycles. The lowest BCUT2D eigenvalue weighted by Gasteiger charge is -2.19. The Labute approximate surface area is 130 Å². The first-order valence-electron chi connectivity index (χ1n) is 6.95. The summed E-state index contributed by atoms with van der Waals surface area (Å²) in [6.45, 7) is 6.91. The van der Waals surface area contributed by atoms with Crippen molar-refractivity contribution in [1.82, 2.24) is 5.32 Å². The Morgan fingerprint density at radius 2 is 2.00 bits per heavy atom. The summed E-state index contributed by atoms with van der Waals surface area (Å²) in [5.74, 6) is 4.95. The van der Waals surface area contributed by atoms with Gasteiger partial charge in [-0.25, -0.2) is 9.18 Å². The Hall–Kier alpha value is -2.35. The van der Waals surface area contributed by atoms with Gasteiger partial charge in [-0.1, -0.05) is 11.8 Å². The molecule has 0 heterocycles. The van der Waals surface area contributed by atoms with Gasteiger partial charge in [0.2, 0.25) is 5.91 Å². The van der Waals surface area contributed by atoms with Gasteiger partial charge in [-0.2, -0.15) is 0 Å². The van der Waals surface area contributed by atoms with Crippen LogP contribution in [0.4, 0.5) is 9.18 Å². The number of imide groups is 1. The van der Waals surface area contributed by atoms with E-state index in [9.17, 15) is 14.0 Å². The van der Waals surface area contributed by atoms with Gasteiger partial charge in [0.1, 0.15) is 11.4 Å². The number of halogens is 1. The molecule has 0 aliphatic heterocycles. The van der Waals surface area contributed by atoms with Crippen LogP contribution in [-0.2, 0) is 9.53 Å². The van der Waals surface area contributed by atoms with Crippen molar-refractivity contribution in [2.75, 3.05) is 0 Å². The number of benzene rings is 1. The van der Waals surface area contributed by atoms with E-state index < -0.39 is 17.6 Å². The standard InChI is InChI=1S/C17H20FNO3/c1-12-11-14(18)10-9-13(12)7-5-6-8-15(20)19-16(21)22-17(2,3)4/h9-11H,6,8H2,1-4H3,(H,19,20,21). The second kappa shape index (κ2) is 7.60. The molecule has 5 heteroatoms. The number of aryl methyl sites for hydroxylation is 1. The molecule has 0 spiro atoms. The molecule has 4 nitrogen and oxygen atoms in total.